The summed E-state index contributed by atoms with van der Waals surface area (Å²) in [5.74, 6) is -1.36. The van der Waals surface area contributed by atoms with Gasteiger partial charge in [-0.05, 0) is 48.4 Å². The van der Waals surface area contributed by atoms with E-state index in [9.17, 15) is 19.5 Å². The second-order valence-corrected chi connectivity index (χ2v) is 8.00. The number of hydrogen-bond acceptors (Lipinski definition) is 7. The number of hydrogen-bond donors (Lipinski definition) is 1. The molecular weight excluding hydrogens is 450 g/mol. The Morgan fingerprint density at radius 2 is 1.83 bits per heavy atom. The van der Waals surface area contributed by atoms with Gasteiger partial charge in [0, 0.05) is 5.56 Å². The monoisotopic (exact) mass is 475 g/mol. The van der Waals surface area contributed by atoms with Crippen molar-refractivity contribution in [3.8, 4) is 5.75 Å². The Bertz CT molecular complexity index is 1260. The maximum atomic E-state index is 13.2. The second-order valence-electron chi connectivity index (χ2n) is 8.00. The zero-order valence-electron chi connectivity index (χ0n) is 19.4. The average Bonchev–Trinajstić information content (AvgIpc) is 3.49. The lowest BCUT2D eigenvalue weighted by Crippen LogP contribution is -2.29. The molecule has 1 N–H and O–H groups in total. The largest absolute Gasteiger partial charge is 0.507 e. The Morgan fingerprint density at radius 3 is 2.49 bits per heavy atom. The third-order valence-electron chi connectivity index (χ3n) is 5.67. The topological polar surface area (TPSA) is 106 Å². The van der Waals surface area contributed by atoms with E-state index in [1.54, 1.807) is 60.7 Å². The van der Waals surface area contributed by atoms with E-state index in [4.69, 9.17) is 13.9 Å². The zero-order chi connectivity index (χ0) is 24.9. The normalized spacial score (nSPS) is 17.0. The fraction of sp³-hybridized carbons (Fsp3) is 0.222. The summed E-state index contributed by atoms with van der Waals surface area (Å²) in [6.07, 6.45) is 2.30. The summed E-state index contributed by atoms with van der Waals surface area (Å²) in [7, 11) is 1.28. The Balaban J connectivity index is 1.81. The number of carbonyl (C=O) groups is 3. The summed E-state index contributed by atoms with van der Waals surface area (Å²) < 4.78 is 15.8. The molecule has 1 amide bonds. The predicted molar refractivity (Wildman–Crippen MR) is 127 cm³/mol. The van der Waals surface area contributed by atoms with Crippen LogP contribution in [-0.2, 0) is 20.9 Å². The van der Waals surface area contributed by atoms with Gasteiger partial charge in [0.1, 0.15) is 17.3 Å². The highest BCUT2D eigenvalue weighted by Gasteiger charge is 2.46. The van der Waals surface area contributed by atoms with E-state index in [2.05, 4.69) is 0 Å². The van der Waals surface area contributed by atoms with Gasteiger partial charge in [-0.2, -0.15) is 0 Å². The predicted octanol–water partition coefficient (Wildman–Crippen LogP) is 4.48. The number of Topliss-reactive ketones (excluding diaryl/α,β-unsaturated/α-hetero) is 1. The van der Waals surface area contributed by atoms with Gasteiger partial charge < -0.3 is 23.9 Å². The molecular formula is C27H25NO7. The van der Waals surface area contributed by atoms with Crippen LogP contribution in [0.25, 0.3) is 5.76 Å². The van der Waals surface area contributed by atoms with Gasteiger partial charge in [0.05, 0.1) is 43.7 Å². The summed E-state index contributed by atoms with van der Waals surface area (Å²) in [5.41, 5.74) is 1.16. The zero-order valence-corrected chi connectivity index (χ0v) is 19.4. The molecule has 8 heteroatoms. The van der Waals surface area contributed by atoms with E-state index in [1.165, 1.54) is 18.3 Å². The molecule has 0 aliphatic carbocycles. The van der Waals surface area contributed by atoms with Crippen molar-refractivity contribution < 1.29 is 33.4 Å². The molecule has 2 aromatic carbocycles. The van der Waals surface area contributed by atoms with Gasteiger partial charge in [-0.1, -0.05) is 31.2 Å². The molecule has 1 saturated heterocycles. The number of nitrogens with zero attached hydrogens (tertiary/aromatic N) is 1. The maximum absolute atomic E-state index is 13.2. The highest BCUT2D eigenvalue weighted by atomic mass is 16.5. The Labute approximate surface area is 202 Å². The summed E-state index contributed by atoms with van der Waals surface area (Å²) in [6.45, 7) is 2.51. The van der Waals surface area contributed by atoms with Crippen molar-refractivity contribution in [3.63, 3.8) is 0 Å². The number of rotatable bonds is 8. The first-order valence-electron chi connectivity index (χ1n) is 11.2. The van der Waals surface area contributed by atoms with Crippen molar-refractivity contribution in [1.29, 1.82) is 0 Å². The Hall–Kier alpha value is -4.33. The van der Waals surface area contributed by atoms with Crippen LogP contribution in [0.1, 0.15) is 46.6 Å². The van der Waals surface area contributed by atoms with Crippen molar-refractivity contribution in [2.24, 2.45) is 0 Å². The number of amides is 1. The molecule has 1 unspecified atom stereocenters. The number of ether oxygens (including phenoxy) is 2. The minimum absolute atomic E-state index is 0.0252. The Kier molecular flexibility index (Phi) is 7.01. The van der Waals surface area contributed by atoms with Crippen molar-refractivity contribution in [2.75, 3.05) is 13.7 Å². The molecule has 1 aromatic heterocycles. The van der Waals surface area contributed by atoms with E-state index in [0.29, 0.717) is 34.8 Å². The third-order valence-corrected chi connectivity index (χ3v) is 5.67. The molecule has 0 radical (unpaired) electrons. The van der Waals surface area contributed by atoms with Gasteiger partial charge in [0.15, 0.2) is 0 Å². The number of esters is 1. The molecule has 4 rings (SSSR count). The van der Waals surface area contributed by atoms with Gasteiger partial charge in [-0.25, -0.2) is 4.79 Å². The smallest absolute Gasteiger partial charge is 0.337 e. The summed E-state index contributed by atoms with van der Waals surface area (Å²) in [6, 6.07) is 15.6. The fourth-order valence-corrected chi connectivity index (χ4v) is 3.99. The molecule has 180 valence electrons. The van der Waals surface area contributed by atoms with Gasteiger partial charge in [0.2, 0.25) is 0 Å². The van der Waals surface area contributed by atoms with Crippen molar-refractivity contribution in [1.82, 2.24) is 4.90 Å². The van der Waals surface area contributed by atoms with Crippen molar-refractivity contribution in [2.45, 2.75) is 25.9 Å². The van der Waals surface area contributed by atoms with Crippen LogP contribution in [0.3, 0.4) is 0 Å². The summed E-state index contributed by atoms with van der Waals surface area (Å²) in [4.78, 5) is 39.5. The van der Waals surface area contributed by atoms with Crippen LogP contribution in [0.15, 0.2) is 76.9 Å². The summed E-state index contributed by atoms with van der Waals surface area (Å²) >= 11 is 0. The number of likely N-dealkylation sites (tertiary alicyclic amines) is 1. The van der Waals surface area contributed by atoms with Crippen LogP contribution in [0.4, 0.5) is 0 Å². The van der Waals surface area contributed by atoms with Gasteiger partial charge in [-0.15, -0.1) is 0 Å². The lowest BCUT2D eigenvalue weighted by atomic mass is 9.94. The number of benzene rings is 2. The average molecular weight is 475 g/mol. The van der Waals surface area contributed by atoms with E-state index in [-0.39, 0.29) is 17.9 Å². The number of methoxy groups -OCH3 is 1. The number of aliphatic hydroxyl groups excluding tert-OH is 1. The minimum atomic E-state index is -0.896. The first-order valence-corrected chi connectivity index (χ1v) is 11.2. The maximum Gasteiger partial charge on any atom is 0.337 e. The van der Waals surface area contributed by atoms with Gasteiger partial charge in [-0.3, -0.25) is 9.59 Å². The van der Waals surface area contributed by atoms with Crippen LogP contribution < -0.4 is 4.74 Å². The summed E-state index contributed by atoms with van der Waals surface area (Å²) in [5, 5.41) is 11.2. The van der Waals surface area contributed by atoms with Gasteiger partial charge >= 0.3 is 5.97 Å². The number of ketones is 1. The highest BCUT2D eigenvalue weighted by molar-refractivity contribution is 6.46. The van der Waals surface area contributed by atoms with Crippen LogP contribution in [0, 0.1) is 0 Å². The lowest BCUT2D eigenvalue weighted by Gasteiger charge is -2.24. The standard InChI is InChI=1S/C27H25NO7/c1-3-13-34-20-7-4-6-19(15-20)24(29)22-23(17-9-11-18(12-10-17)27(32)33-2)28(26(31)25(22)30)16-21-8-5-14-35-21/h4-12,14-15,23,29H,3,13,16H2,1-2H3. The fourth-order valence-electron chi connectivity index (χ4n) is 3.99. The van der Waals surface area contributed by atoms with Crippen LogP contribution in [0.2, 0.25) is 0 Å². The molecule has 8 nitrogen and oxygen atoms in total. The Morgan fingerprint density at radius 1 is 1.06 bits per heavy atom. The minimum Gasteiger partial charge on any atom is -0.507 e. The molecule has 2 heterocycles. The molecule has 3 aromatic rings. The van der Waals surface area contributed by atoms with E-state index in [1.807, 2.05) is 6.92 Å². The molecule has 0 spiro atoms. The van der Waals surface area contributed by atoms with Crippen molar-refractivity contribution >= 4 is 23.4 Å². The highest BCUT2D eigenvalue weighted by Crippen LogP contribution is 2.40. The molecule has 1 aliphatic rings. The number of carbonyl (C=O) groups excluding carboxylic acids is 3. The molecule has 1 atom stereocenters. The molecule has 1 fully saturated rings. The number of furan rings is 1. The quantitative estimate of drug-likeness (QED) is 0.222. The van der Waals surface area contributed by atoms with Crippen molar-refractivity contribution in [3.05, 3.63) is 95.0 Å². The first-order chi connectivity index (χ1) is 16.9. The third kappa shape index (κ3) is 4.82. The van der Waals surface area contributed by atoms with Crippen LogP contribution in [0.5, 0.6) is 5.75 Å². The molecule has 35 heavy (non-hydrogen) atoms. The first kappa shape index (κ1) is 23.8. The number of aliphatic hydroxyl groups is 1. The van der Waals surface area contributed by atoms with Gasteiger partial charge in [0.25, 0.3) is 11.7 Å². The van der Waals surface area contributed by atoms with Crippen LogP contribution >= 0.6 is 0 Å². The van der Waals surface area contributed by atoms with E-state index in [0.717, 1.165) is 6.42 Å². The second kappa shape index (κ2) is 10.3. The van der Waals surface area contributed by atoms with Crippen LogP contribution in [-0.4, -0.2) is 41.4 Å². The molecule has 1 aliphatic heterocycles. The van der Waals surface area contributed by atoms with E-state index < -0.39 is 23.7 Å². The lowest BCUT2D eigenvalue weighted by molar-refractivity contribution is -0.140. The molecule has 0 saturated carbocycles. The van der Waals surface area contributed by atoms with E-state index >= 15 is 0 Å². The molecule has 0 bridgehead atoms. The SMILES string of the molecule is CCCOc1cccc(C(O)=C2C(=O)C(=O)N(Cc3ccco3)C2c2ccc(C(=O)OC)cc2)c1.